The summed E-state index contributed by atoms with van der Waals surface area (Å²) in [5.41, 5.74) is 0.163. The normalized spacial score (nSPS) is 17.6. The number of benzene rings is 1. The molecule has 1 aromatic carbocycles. The van der Waals surface area contributed by atoms with Gasteiger partial charge in [-0.25, -0.2) is 4.72 Å². The molecule has 0 aromatic heterocycles. The zero-order valence-corrected chi connectivity index (χ0v) is 13.0. The van der Waals surface area contributed by atoms with Gasteiger partial charge < -0.3 is 5.21 Å². The third-order valence-electron chi connectivity index (χ3n) is 2.43. The number of nitrogens with one attached hydrogen (secondary N) is 1. The van der Waals surface area contributed by atoms with Gasteiger partial charge in [-0.3, -0.25) is 5.21 Å². The van der Waals surface area contributed by atoms with Crippen molar-refractivity contribution in [1.29, 1.82) is 0 Å². The van der Waals surface area contributed by atoms with Gasteiger partial charge >= 0.3 is 0 Å². The zero-order valence-electron chi connectivity index (χ0n) is 9.89. The van der Waals surface area contributed by atoms with Gasteiger partial charge in [0.05, 0.1) is 21.0 Å². The van der Waals surface area contributed by atoms with Gasteiger partial charge in [0.15, 0.2) is 0 Å². The fourth-order valence-electron chi connectivity index (χ4n) is 1.48. The quantitative estimate of drug-likeness (QED) is 0.373. The van der Waals surface area contributed by atoms with E-state index in [2.05, 4.69) is 4.72 Å². The summed E-state index contributed by atoms with van der Waals surface area (Å²) >= 11 is 19.2. The minimum Gasteiger partial charge on any atom is -0.417 e. The van der Waals surface area contributed by atoms with Crippen LogP contribution in [0.5, 0.6) is 0 Å². The Morgan fingerprint density at radius 2 is 1.70 bits per heavy atom. The lowest BCUT2D eigenvalue weighted by Crippen LogP contribution is -2.22. The highest BCUT2D eigenvalue weighted by atomic mass is 35.5. The monoisotopic (exact) mass is 350 g/mol. The fourth-order valence-corrected chi connectivity index (χ4v) is 3.26. The number of halogens is 3. The summed E-state index contributed by atoms with van der Waals surface area (Å²) in [5.74, 6) is 0. The van der Waals surface area contributed by atoms with Crippen molar-refractivity contribution < 1.29 is 10.1 Å². The Labute approximate surface area is 135 Å². The molecule has 1 aliphatic rings. The van der Waals surface area contributed by atoms with Crippen LogP contribution in [0.25, 0.3) is 0 Å². The lowest BCUT2D eigenvalue weighted by molar-refractivity contribution is -0.725. The van der Waals surface area contributed by atoms with Crippen LogP contribution in [0.3, 0.4) is 0 Å². The first-order valence-electron chi connectivity index (χ1n) is 5.44. The molecule has 0 heterocycles. The molecule has 0 aliphatic heterocycles. The van der Waals surface area contributed by atoms with Crippen LogP contribution < -0.4 is 4.72 Å². The van der Waals surface area contributed by atoms with Crippen LogP contribution >= 0.6 is 46.8 Å². The van der Waals surface area contributed by atoms with Crippen LogP contribution in [0.4, 0.5) is 0 Å². The highest BCUT2D eigenvalue weighted by molar-refractivity contribution is 7.97. The Morgan fingerprint density at radius 1 is 1.15 bits per heavy atom. The third kappa shape index (κ3) is 3.84. The average Bonchev–Trinajstić information content (AvgIpc) is 2.38. The summed E-state index contributed by atoms with van der Waals surface area (Å²) in [6, 6.07) is 3.10. The first-order valence-corrected chi connectivity index (χ1v) is 7.39. The number of hydrogen-bond donors (Lipinski definition) is 2. The van der Waals surface area contributed by atoms with Gasteiger partial charge in [0, 0.05) is 22.1 Å². The Hall–Kier alpha value is -0.850. The van der Waals surface area contributed by atoms with Crippen molar-refractivity contribution in [1.82, 2.24) is 4.72 Å². The molecule has 0 saturated carbocycles. The van der Waals surface area contributed by atoms with Crippen molar-refractivity contribution in [2.45, 2.75) is 10.9 Å². The molecule has 0 spiro atoms. The molecule has 4 nitrogen and oxygen atoms in total. The van der Waals surface area contributed by atoms with E-state index in [4.69, 9.17) is 40.0 Å². The number of rotatable bonds is 3. The Balaban J connectivity index is 2.03. The van der Waals surface area contributed by atoms with Gasteiger partial charge in [0.25, 0.3) is 5.71 Å². The highest BCUT2D eigenvalue weighted by Gasteiger charge is 2.14. The van der Waals surface area contributed by atoms with E-state index in [0.717, 1.165) is 0 Å². The number of hydrogen-bond acceptors (Lipinski definition) is 4. The SMILES string of the molecule is [O-][N+](O)=C1C=CC(NSc2c(Cl)cc(Cl)cc2Cl)C=C1. The molecule has 0 bridgehead atoms. The minimum atomic E-state index is -0.191. The molecule has 2 N–H and O–H groups in total. The molecule has 8 heteroatoms. The molecular weight excluding hydrogens is 343 g/mol. The lowest BCUT2D eigenvalue weighted by Gasteiger charge is -2.13. The van der Waals surface area contributed by atoms with E-state index < -0.39 is 0 Å². The van der Waals surface area contributed by atoms with Crippen molar-refractivity contribution in [3.05, 3.63) is 56.7 Å². The van der Waals surface area contributed by atoms with Gasteiger partial charge in [0.1, 0.15) is 0 Å². The molecule has 106 valence electrons. The lowest BCUT2D eigenvalue weighted by atomic mass is 10.1. The van der Waals surface area contributed by atoms with Gasteiger partial charge in [-0.15, -0.1) is 0 Å². The zero-order chi connectivity index (χ0) is 14.7. The van der Waals surface area contributed by atoms with Gasteiger partial charge in [-0.05, 0) is 24.1 Å². The van der Waals surface area contributed by atoms with Gasteiger partial charge in [0.2, 0.25) is 0 Å². The fraction of sp³-hybridized carbons (Fsp3) is 0.0833. The van der Waals surface area contributed by atoms with E-state index >= 15 is 0 Å². The van der Waals surface area contributed by atoms with E-state index in [1.165, 1.54) is 24.1 Å². The second-order valence-electron chi connectivity index (χ2n) is 3.86. The van der Waals surface area contributed by atoms with Crippen molar-refractivity contribution in [3.8, 4) is 0 Å². The van der Waals surface area contributed by atoms with E-state index in [9.17, 15) is 5.21 Å². The molecule has 0 fully saturated rings. The standard InChI is InChI=1S/C12H9Cl3N2O2S/c13-7-5-10(14)12(11(15)6-7)20-16-8-1-3-9(4-2-8)17(18)19/h1-6,8,16H,(H,18,19). The van der Waals surface area contributed by atoms with Crippen LogP contribution in [0.15, 0.2) is 41.3 Å². The third-order valence-corrected chi connectivity index (χ3v) is 4.50. The smallest absolute Gasteiger partial charge is 0.267 e. The topological polar surface area (TPSA) is 58.3 Å². The minimum absolute atomic E-state index is 0.119. The molecule has 0 saturated heterocycles. The summed E-state index contributed by atoms with van der Waals surface area (Å²) < 4.78 is 3.11. The van der Waals surface area contributed by atoms with Crippen molar-refractivity contribution >= 4 is 52.5 Å². The number of nitrogens with zero attached hydrogens (tertiary/aromatic N) is 1. The molecule has 0 radical (unpaired) electrons. The van der Waals surface area contributed by atoms with Crippen LogP contribution in [-0.4, -0.2) is 21.9 Å². The summed E-state index contributed by atoms with van der Waals surface area (Å²) in [4.78, 5) is 0.477. The summed E-state index contributed by atoms with van der Waals surface area (Å²) in [6.07, 6.45) is 6.47. The average molecular weight is 352 g/mol. The molecule has 0 unspecified atom stereocenters. The maximum absolute atomic E-state index is 10.7. The van der Waals surface area contributed by atoms with E-state index in [1.54, 1.807) is 24.3 Å². The maximum Gasteiger partial charge on any atom is 0.267 e. The predicted octanol–water partition coefficient (Wildman–Crippen LogP) is 4.08. The first-order chi connectivity index (χ1) is 9.47. The van der Waals surface area contributed by atoms with Gasteiger partial charge in [-0.1, -0.05) is 47.0 Å². The summed E-state index contributed by atoms with van der Waals surface area (Å²) in [7, 11) is 0. The predicted molar refractivity (Wildman–Crippen MR) is 83.0 cm³/mol. The number of allylic oxidation sites excluding steroid dienone is 2. The molecule has 0 atom stereocenters. The maximum atomic E-state index is 10.7. The molecule has 1 aromatic rings. The van der Waals surface area contributed by atoms with E-state index in [0.29, 0.717) is 20.0 Å². The van der Waals surface area contributed by atoms with Crippen LogP contribution in [0.2, 0.25) is 15.1 Å². The van der Waals surface area contributed by atoms with Crippen molar-refractivity contribution in [3.63, 3.8) is 0 Å². The molecular formula is C12H9Cl3N2O2S. The van der Waals surface area contributed by atoms with E-state index in [-0.39, 0.29) is 16.7 Å². The van der Waals surface area contributed by atoms with Crippen LogP contribution in [0, 0.1) is 5.21 Å². The molecule has 20 heavy (non-hydrogen) atoms. The van der Waals surface area contributed by atoms with Crippen LogP contribution in [0.1, 0.15) is 0 Å². The Bertz CT molecular complexity index is 574. The van der Waals surface area contributed by atoms with E-state index in [1.807, 2.05) is 0 Å². The molecule has 1 aliphatic carbocycles. The molecule has 2 rings (SSSR count). The van der Waals surface area contributed by atoms with Crippen LogP contribution in [-0.2, 0) is 0 Å². The second kappa shape index (κ2) is 6.74. The Kier molecular flexibility index (Phi) is 5.23. The van der Waals surface area contributed by atoms with Gasteiger partial charge in [-0.2, -0.15) is 0 Å². The first kappa shape index (κ1) is 15.5. The highest BCUT2D eigenvalue weighted by Crippen LogP contribution is 2.35. The van der Waals surface area contributed by atoms with Crippen molar-refractivity contribution in [2.24, 2.45) is 0 Å². The Morgan fingerprint density at radius 3 is 2.20 bits per heavy atom. The second-order valence-corrected chi connectivity index (χ2v) is 5.96. The summed E-state index contributed by atoms with van der Waals surface area (Å²) in [5, 5.41) is 20.8. The molecule has 0 amide bonds. The largest absolute Gasteiger partial charge is 0.417 e. The summed E-state index contributed by atoms with van der Waals surface area (Å²) in [6.45, 7) is 0. The van der Waals surface area contributed by atoms with Crippen molar-refractivity contribution in [2.75, 3.05) is 0 Å².